The highest BCUT2D eigenvalue weighted by Gasteiger charge is 2.11. The number of nitrogens with one attached hydrogen (secondary N) is 1. The van der Waals surface area contributed by atoms with E-state index in [-0.39, 0.29) is 23.0 Å². The van der Waals surface area contributed by atoms with E-state index in [9.17, 15) is 5.11 Å². The molecule has 2 aromatic heterocycles. The van der Waals surface area contributed by atoms with Crippen LogP contribution in [0.4, 0.5) is 11.5 Å². The zero-order valence-corrected chi connectivity index (χ0v) is 12.5. The van der Waals surface area contributed by atoms with Crippen LogP contribution in [0.5, 0.6) is 5.88 Å². The molecule has 0 aliphatic rings. The molecule has 118 valence electrons. The Morgan fingerprint density at radius 2 is 1.50 bits per heavy atom. The summed E-state index contributed by atoms with van der Waals surface area (Å²) in [6.07, 6.45) is 0.864. The largest absolute Gasteiger partial charge is 0.491 e. The second-order valence-corrected chi connectivity index (χ2v) is 5.29. The van der Waals surface area contributed by atoms with Gasteiger partial charge in [0, 0.05) is 5.69 Å². The average molecular weight is 319 g/mol. The van der Waals surface area contributed by atoms with Crippen LogP contribution < -0.4 is 5.32 Å². The molecule has 0 saturated carbocycles. The maximum Gasteiger partial charge on any atom is 0.257 e. The molecule has 24 heavy (non-hydrogen) atoms. The second kappa shape index (κ2) is 5.96. The van der Waals surface area contributed by atoms with Crippen molar-refractivity contribution in [2.45, 2.75) is 6.42 Å². The Kier molecular flexibility index (Phi) is 3.51. The van der Waals surface area contributed by atoms with Crippen LogP contribution in [0.25, 0.3) is 11.3 Å². The van der Waals surface area contributed by atoms with Crippen LogP contribution in [0.2, 0.25) is 0 Å². The van der Waals surface area contributed by atoms with Crippen LogP contribution >= 0.6 is 0 Å². The van der Waals surface area contributed by atoms with Crippen molar-refractivity contribution in [2.24, 2.45) is 0 Å². The minimum Gasteiger partial charge on any atom is -0.491 e. The standard InChI is InChI=1S/C17H13N5O2/c23-17-16(19-14-15(20-17)22-24-21-14)18-13-8-6-12(7-9-13)10-11-4-2-1-3-5-11/h1-9H,10H2,(H,18,19,21)(H,20,22,23). The van der Waals surface area contributed by atoms with E-state index >= 15 is 0 Å². The fraction of sp³-hybridized carbons (Fsp3) is 0.0588. The average Bonchev–Trinajstić information content (AvgIpc) is 3.05. The van der Waals surface area contributed by atoms with Gasteiger partial charge in [-0.3, -0.25) is 0 Å². The Morgan fingerprint density at radius 1 is 0.833 bits per heavy atom. The van der Waals surface area contributed by atoms with E-state index in [2.05, 4.69) is 42.4 Å². The molecule has 7 nitrogen and oxygen atoms in total. The summed E-state index contributed by atoms with van der Waals surface area (Å²) in [5.74, 6) is -0.0550. The van der Waals surface area contributed by atoms with Gasteiger partial charge < -0.3 is 10.4 Å². The lowest BCUT2D eigenvalue weighted by Crippen LogP contribution is -1.97. The molecule has 2 aromatic carbocycles. The summed E-state index contributed by atoms with van der Waals surface area (Å²) in [5.41, 5.74) is 3.63. The van der Waals surface area contributed by atoms with Crippen LogP contribution in [0, 0.1) is 0 Å². The maximum atomic E-state index is 9.89. The first kappa shape index (κ1) is 14.1. The first-order chi connectivity index (χ1) is 11.8. The first-order valence-electron chi connectivity index (χ1n) is 7.37. The van der Waals surface area contributed by atoms with Crippen molar-refractivity contribution in [1.29, 1.82) is 0 Å². The Bertz CT molecular complexity index is 967. The monoisotopic (exact) mass is 319 g/mol. The quantitative estimate of drug-likeness (QED) is 0.596. The molecule has 0 radical (unpaired) electrons. The summed E-state index contributed by atoms with van der Waals surface area (Å²) in [6, 6.07) is 18.2. The molecule has 0 saturated heterocycles. The fourth-order valence-electron chi connectivity index (χ4n) is 2.39. The van der Waals surface area contributed by atoms with Crippen LogP contribution in [-0.4, -0.2) is 25.4 Å². The van der Waals surface area contributed by atoms with Gasteiger partial charge in [0.25, 0.3) is 5.88 Å². The van der Waals surface area contributed by atoms with E-state index in [0.29, 0.717) is 0 Å². The normalized spacial score (nSPS) is 10.8. The fourth-order valence-corrected chi connectivity index (χ4v) is 2.39. The summed E-state index contributed by atoms with van der Waals surface area (Å²) in [7, 11) is 0. The highest BCUT2D eigenvalue weighted by atomic mass is 16.6. The summed E-state index contributed by atoms with van der Waals surface area (Å²) in [4.78, 5) is 8.00. The maximum absolute atomic E-state index is 9.89. The van der Waals surface area contributed by atoms with Crippen LogP contribution in [-0.2, 0) is 6.42 Å². The van der Waals surface area contributed by atoms with Gasteiger partial charge in [-0.1, -0.05) is 42.5 Å². The minimum absolute atomic E-state index is 0.163. The Morgan fingerprint density at radius 3 is 2.25 bits per heavy atom. The number of benzene rings is 2. The molecule has 7 heteroatoms. The molecule has 0 spiro atoms. The summed E-state index contributed by atoms with van der Waals surface area (Å²) in [5, 5.41) is 20.0. The third-order valence-electron chi connectivity index (χ3n) is 3.56. The highest BCUT2D eigenvalue weighted by Crippen LogP contribution is 2.24. The molecule has 2 heterocycles. The van der Waals surface area contributed by atoms with E-state index in [1.54, 1.807) is 0 Å². The number of nitrogens with zero attached hydrogens (tertiary/aromatic N) is 4. The van der Waals surface area contributed by atoms with Gasteiger partial charge >= 0.3 is 0 Å². The van der Waals surface area contributed by atoms with E-state index in [1.807, 2.05) is 42.5 Å². The molecule has 0 amide bonds. The predicted octanol–water partition coefficient (Wildman–Crippen LogP) is 3.05. The molecule has 0 atom stereocenters. The van der Waals surface area contributed by atoms with Crippen molar-refractivity contribution >= 4 is 22.8 Å². The van der Waals surface area contributed by atoms with E-state index in [1.165, 1.54) is 11.1 Å². The lowest BCUT2D eigenvalue weighted by atomic mass is 10.0. The Hall–Kier alpha value is -3.48. The summed E-state index contributed by atoms with van der Waals surface area (Å²) in [6.45, 7) is 0. The van der Waals surface area contributed by atoms with Gasteiger partial charge in [0.05, 0.1) is 0 Å². The first-order valence-corrected chi connectivity index (χ1v) is 7.37. The molecule has 0 fully saturated rings. The number of anilines is 2. The lowest BCUT2D eigenvalue weighted by Gasteiger charge is -2.07. The highest BCUT2D eigenvalue weighted by molar-refractivity contribution is 5.70. The van der Waals surface area contributed by atoms with Gasteiger partial charge in [-0.05, 0) is 40.0 Å². The Balaban J connectivity index is 1.53. The van der Waals surface area contributed by atoms with Crippen molar-refractivity contribution in [3.63, 3.8) is 0 Å². The SMILES string of the molecule is Oc1nc2nonc2nc1Nc1ccc(Cc2ccccc2)cc1. The smallest absolute Gasteiger partial charge is 0.257 e. The molecule has 0 bridgehead atoms. The van der Waals surface area contributed by atoms with Crippen molar-refractivity contribution in [2.75, 3.05) is 5.32 Å². The van der Waals surface area contributed by atoms with Gasteiger partial charge in [0.15, 0.2) is 5.82 Å². The molecular weight excluding hydrogens is 306 g/mol. The Labute approximate surface area is 137 Å². The molecule has 4 aromatic rings. The number of aromatic hydroxyl groups is 1. The van der Waals surface area contributed by atoms with Gasteiger partial charge in [0.2, 0.25) is 11.3 Å². The molecule has 0 unspecified atom stereocenters. The topological polar surface area (TPSA) is 97.0 Å². The number of aromatic nitrogens is 4. The second-order valence-electron chi connectivity index (χ2n) is 5.29. The van der Waals surface area contributed by atoms with Crippen molar-refractivity contribution in [3.05, 3.63) is 65.7 Å². The van der Waals surface area contributed by atoms with Crippen LogP contribution in [0.3, 0.4) is 0 Å². The zero-order chi connectivity index (χ0) is 16.4. The van der Waals surface area contributed by atoms with Crippen LogP contribution in [0.1, 0.15) is 11.1 Å². The van der Waals surface area contributed by atoms with E-state index < -0.39 is 0 Å². The number of hydrogen-bond acceptors (Lipinski definition) is 7. The van der Waals surface area contributed by atoms with Crippen molar-refractivity contribution in [1.82, 2.24) is 20.3 Å². The summed E-state index contributed by atoms with van der Waals surface area (Å²) >= 11 is 0. The van der Waals surface area contributed by atoms with Gasteiger partial charge in [-0.15, -0.1) is 0 Å². The van der Waals surface area contributed by atoms with E-state index in [4.69, 9.17) is 0 Å². The third-order valence-corrected chi connectivity index (χ3v) is 3.56. The van der Waals surface area contributed by atoms with Gasteiger partial charge in [0.1, 0.15) is 0 Å². The van der Waals surface area contributed by atoms with Crippen molar-refractivity contribution < 1.29 is 9.74 Å². The molecule has 2 N–H and O–H groups in total. The number of fused-ring (bicyclic) bond motifs is 1. The van der Waals surface area contributed by atoms with Gasteiger partial charge in [-0.2, -0.15) is 9.97 Å². The minimum atomic E-state index is -0.258. The summed E-state index contributed by atoms with van der Waals surface area (Å²) < 4.78 is 4.53. The van der Waals surface area contributed by atoms with E-state index in [0.717, 1.165) is 12.1 Å². The predicted molar refractivity (Wildman–Crippen MR) is 88.0 cm³/mol. The number of rotatable bonds is 4. The molecule has 0 aliphatic heterocycles. The molecular formula is C17H13N5O2. The van der Waals surface area contributed by atoms with Crippen LogP contribution in [0.15, 0.2) is 59.2 Å². The zero-order valence-electron chi connectivity index (χ0n) is 12.5. The third kappa shape index (κ3) is 2.87. The molecule has 0 aliphatic carbocycles. The lowest BCUT2D eigenvalue weighted by molar-refractivity contribution is 0.314. The molecule has 4 rings (SSSR count). The number of hydrogen-bond donors (Lipinski definition) is 2. The van der Waals surface area contributed by atoms with Crippen molar-refractivity contribution in [3.8, 4) is 5.88 Å². The van der Waals surface area contributed by atoms with Gasteiger partial charge in [-0.25, -0.2) is 4.63 Å².